The van der Waals surface area contributed by atoms with E-state index in [9.17, 15) is 35.4 Å². The second-order valence-corrected chi connectivity index (χ2v) is 20.2. The van der Waals surface area contributed by atoms with Gasteiger partial charge < -0.3 is 45.4 Å². The van der Waals surface area contributed by atoms with E-state index in [1.807, 2.05) is 6.08 Å². The lowest BCUT2D eigenvalue weighted by atomic mass is 9.99. The Morgan fingerprint density at radius 2 is 0.855 bits per heavy atom. The summed E-state index contributed by atoms with van der Waals surface area (Å²) in [5, 5.41) is 65.0. The zero-order valence-electron chi connectivity index (χ0n) is 44.4. The van der Waals surface area contributed by atoms with Gasteiger partial charge in [-0.15, -0.1) is 0 Å². The number of amides is 1. The summed E-state index contributed by atoms with van der Waals surface area (Å²) in [7, 11) is 0. The number of nitrogens with one attached hydrogen (secondary N) is 1. The molecule has 1 aliphatic heterocycles. The molecule has 0 aromatic carbocycles. The fourth-order valence-electron chi connectivity index (χ4n) is 9.01. The highest BCUT2D eigenvalue weighted by molar-refractivity contribution is 5.80. The molecular weight excluding hydrogens is 867 g/mol. The number of hydrogen-bond donors (Lipinski definition) is 7. The molecule has 1 aliphatic rings. The van der Waals surface area contributed by atoms with E-state index in [1.54, 1.807) is 6.08 Å². The lowest BCUT2D eigenvalue weighted by Gasteiger charge is -2.40. The van der Waals surface area contributed by atoms with Crippen LogP contribution in [0.2, 0.25) is 0 Å². The molecule has 1 heterocycles. The van der Waals surface area contributed by atoms with Crippen LogP contribution in [0.15, 0.2) is 48.6 Å². The maximum Gasteiger partial charge on any atom is 0.249 e. The SMILES string of the molecule is CCCCCCCCC/C=C/CC/C=C/CC/C=C/C(O)C(COC1OC(CO)C(O)C(O)C1O)NC(=O)C(O)CCCCCCCCCCCCC/C=C\CCCCCCCCCCCCCC. The highest BCUT2D eigenvalue weighted by Gasteiger charge is 2.44. The number of carbonyl (C=O) groups excluding carboxylic acids is 1. The molecule has 0 radical (unpaired) electrons. The lowest BCUT2D eigenvalue weighted by molar-refractivity contribution is -0.302. The number of ether oxygens (including phenoxy) is 2. The predicted molar refractivity (Wildman–Crippen MR) is 287 cm³/mol. The molecule has 0 aliphatic carbocycles. The van der Waals surface area contributed by atoms with Crippen molar-refractivity contribution in [3.8, 4) is 0 Å². The molecule has 404 valence electrons. The average molecular weight is 977 g/mol. The molecule has 1 fully saturated rings. The first-order valence-electron chi connectivity index (χ1n) is 29.0. The molecular formula is C59H109NO9. The Labute approximate surface area is 423 Å². The summed E-state index contributed by atoms with van der Waals surface area (Å²) in [5.41, 5.74) is 0. The molecule has 0 spiro atoms. The maximum atomic E-state index is 13.1. The van der Waals surface area contributed by atoms with Crippen molar-refractivity contribution in [2.24, 2.45) is 0 Å². The molecule has 0 aromatic heterocycles. The van der Waals surface area contributed by atoms with Crippen LogP contribution in [0.4, 0.5) is 0 Å². The average Bonchev–Trinajstić information content (AvgIpc) is 3.35. The molecule has 10 heteroatoms. The third kappa shape index (κ3) is 37.5. The van der Waals surface area contributed by atoms with E-state index in [2.05, 4.69) is 55.6 Å². The van der Waals surface area contributed by atoms with Gasteiger partial charge in [0.1, 0.15) is 30.5 Å². The Balaban J connectivity index is 2.27. The zero-order valence-corrected chi connectivity index (χ0v) is 44.4. The number of carbonyl (C=O) groups is 1. The Bertz CT molecular complexity index is 1240. The number of unbranched alkanes of at least 4 members (excludes halogenated alkanes) is 32. The third-order valence-electron chi connectivity index (χ3n) is 13.7. The smallest absolute Gasteiger partial charge is 0.249 e. The number of rotatable bonds is 49. The monoisotopic (exact) mass is 976 g/mol. The molecule has 69 heavy (non-hydrogen) atoms. The molecule has 8 unspecified atom stereocenters. The quantitative estimate of drug-likeness (QED) is 0.0232. The fourth-order valence-corrected chi connectivity index (χ4v) is 9.01. The predicted octanol–water partition coefficient (Wildman–Crippen LogP) is 13.1. The van der Waals surface area contributed by atoms with Crippen molar-refractivity contribution < 1.29 is 44.9 Å². The highest BCUT2D eigenvalue weighted by Crippen LogP contribution is 2.23. The van der Waals surface area contributed by atoms with Gasteiger partial charge in [0.05, 0.1) is 25.4 Å². The highest BCUT2D eigenvalue weighted by atomic mass is 16.7. The maximum absolute atomic E-state index is 13.1. The molecule has 0 bridgehead atoms. The standard InChI is InChI=1S/C59H109NO9/c1-3-5-7-9-11-13-15-17-19-21-22-23-24-25-26-27-28-29-30-32-34-36-38-40-42-44-46-48-53(63)58(67)60-51(50-68-59-57(66)56(65)55(64)54(49-61)69-59)52(62)47-45-43-41-39-37-35-33-31-20-18-16-14-12-10-8-6-4-2/h20,25-26,31,37,39,45,47,51-57,59,61-66H,3-19,21-24,27-30,32-36,38,40-44,46,48-50H2,1-2H3,(H,60,67)/b26-25-,31-20+,39-37+,47-45+. The van der Waals surface area contributed by atoms with Crippen LogP contribution in [0.1, 0.15) is 258 Å². The van der Waals surface area contributed by atoms with Crippen molar-refractivity contribution in [2.75, 3.05) is 13.2 Å². The summed E-state index contributed by atoms with van der Waals surface area (Å²) in [6.45, 7) is 3.60. The van der Waals surface area contributed by atoms with E-state index in [-0.39, 0.29) is 6.61 Å². The van der Waals surface area contributed by atoms with E-state index in [0.717, 1.165) is 44.9 Å². The molecule has 10 nitrogen and oxygen atoms in total. The molecule has 0 aromatic rings. The number of allylic oxidation sites excluding steroid dienone is 7. The van der Waals surface area contributed by atoms with Crippen LogP contribution in [0, 0.1) is 0 Å². The van der Waals surface area contributed by atoms with Gasteiger partial charge in [-0.1, -0.05) is 236 Å². The Morgan fingerprint density at radius 3 is 1.26 bits per heavy atom. The first-order valence-corrected chi connectivity index (χ1v) is 29.0. The summed E-state index contributed by atoms with van der Waals surface area (Å²) >= 11 is 0. The molecule has 8 atom stereocenters. The van der Waals surface area contributed by atoms with Gasteiger partial charge in [0.2, 0.25) is 5.91 Å². The fraction of sp³-hybridized carbons (Fsp3) is 0.847. The minimum atomic E-state index is -1.62. The zero-order chi connectivity index (χ0) is 50.3. The molecule has 1 rings (SSSR count). The van der Waals surface area contributed by atoms with Gasteiger partial charge in [-0.05, 0) is 70.6 Å². The minimum absolute atomic E-state index is 0.300. The first kappa shape index (κ1) is 65.1. The summed E-state index contributed by atoms with van der Waals surface area (Å²) < 4.78 is 11.2. The molecule has 1 amide bonds. The van der Waals surface area contributed by atoms with Crippen LogP contribution in [0.5, 0.6) is 0 Å². The topological polar surface area (TPSA) is 169 Å². The van der Waals surface area contributed by atoms with Crippen molar-refractivity contribution in [3.05, 3.63) is 48.6 Å². The number of aliphatic hydroxyl groups is 6. The molecule has 0 saturated carbocycles. The van der Waals surface area contributed by atoms with Gasteiger partial charge in [0, 0.05) is 0 Å². The minimum Gasteiger partial charge on any atom is -0.394 e. The van der Waals surface area contributed by atoms with Gasteiger partial charge in [0.25, 0.3) is 0 Å². The van der Waals surface area contributed by atoms with Crippen LogP contribution < -0.4 is 5.32 Å². The van der Waals surface area contributed by atoms with E-state index in [4.69, 9.17) is 9.47 Å². The van der Waals surface area contributed by atoms with Crippen LogP contribution in [-0.4, -0.2) is 98.7 Å². The Kier molecular flexibility index (Phi) is 45.7. The van der Waals surface area contributed by atoms with Crippen LogP contribution in [-0.2, 0) is 14.3 Å². The van der Waals surface area contributed by atoms with Gasteiger partial charge in [-0.2, -0.15) is 0 Å². The molecule has 1 saturated heterocycles. The summed E-state index contributed by atoms with van der Waals surface area (Å²) in [6, 6.07) is -1.00. The second-order valence-electron chi connectivity index (χ2n) is 20.2. The number of aliphatic hydroxyl groups excluding tert-OH is 6. The largest absolute Gasteiger partial charge is 0.394 e. The van der Waals surface area contributed by atoms with Gasteiger partial charge in [0.15, 0.2) is 6.29 Å². The Morgan fingerprint density at radius 1 is 0.493 bits per heavy atom. The van der Waals surface area contributed by atoms with Gasteiger partial charge in [-0.3, -0.25) is 4.79 Å². The van der Waals surface area contributed by atoms with Crippen molar-refractivity contribution in [3.63, 3.8) is 0 Å². The lowest BCUT2D eigenvalue weighted by Crippen LogP contribution is -2.60. The normalized spacial score (nSPS) is 20.3. The first-order chi connectivity index (χ1) is 33.8. The van der Waals surface area contributed by atoms with Crippen LogP contribution in [0.3, 0.4) is 0 Å². The van der Waals surface area contributed by atoms with Crippen molar-refractivity contribution in [2.45, 2.75) is 307 Å². The summed E-state index contributed by atoms with van der Waals surface area (Å²) in [6.07, 6.45) is 53.6. The van der Waals surface area contributed by atoms with Gasteiger partial charge >= 0.3 is 0 Å². The number of hydrogen-bond acceptors (Lipinski definition) is 9. The summed E-state index contributed by atoms with van der Waals surface area (Å²) in [5.74, 6) is -0.630. The Hall–Kier alpha value is -1.89. The third-order valence-corrected chi connectivity index (χ3v) is 13.7. The van der Waals surface area contributed by atoms with E-state index in [0.29, 0.717) is 19.3 Å². The second kappa shape index (κ2) is 48.4. The van der Waals surface area contributed by atoms with E-state index >= 15 is 0 Å². The van der Waals surface area contributed by atoms with Crippen molar-refractivity contribution in [1.29, 1.82) is 0 Å². The van der Waals surface area contributed by atoms with E-state index < -0.39 is 61.5 Å². The summed E-state index contributed by atoms with van der Waals surface area (Å²) in [4.78, 5) is 13.1. The van der Waals surface area contributed by atoms with Gasteiger partial charge in [-0.25, -0.2) is 0 Å². The van der Waals surface area contributed by atoms with Crippen molar-refractivity contribution in [1.82, 2.24) is 5.32 Å². The van der Waals surface area contributed by atoms with Crippen LogP contribution >= 0.6 is 0 Å². The molecule has 7 N–H and O–H groups in total. The van der Waals surface area contributed by atoms with E-state index in [1.165, 1.54) is 180 Å². The van der Waals surface area contributed by atoms with Crippen LogP contribution in [0.25, 0.3) is 0 Å². The van der Waals surface area contributed by atoms with Crippen molar-refractivity contribution >= 4 is 5.91 Å².